The van der Waals surface area contributed by atoms with Crippen LogP contribution in [0.4, 0.5) is 5.95 Å². The van der Waals surface area contributed by atoms with E-state index in [0.717, 1.165) is 16.3 Å². The molecule has 0 saturated carbocycles. The van der Waals surface area contributed by atoms with E-state index in [9.17, 15) is 0 Å². The standard InChI is InChI=1S/C16H18N4O2S/c1-11(21-3)15-17-13(10-23-15)9-20(2)16-18-14(22-19-16)12-7-5-4-6-8-12/h4-8,10-11H,9H2,1-3H3. The Labute approximate surface area is 138 Å². The molecule has 1 unspecified atom stereocenters. The fraction of sp³-hybridized carbons (Fsp3) is 0.312. The number of rotatable bonds is 6. The van der Waals surface area contributed by atoms with Crippen molar-refractivity contribution in [2.45, 2.75) is 19.6 Å². The maximum atomic E-state index is 5.33. The molecule has 2 aromatic heterocycles. The second-order valence-electron chi connectivity index (χ2n) is 5.18. The van der Waals surface area contributed by atoms with Gasteiger partial charge in [-0.15, -0.1) is 11.3 Å². The normalized spacial score (nSPS) is 12.3. The summed E-state index contributed by atoms with van der Waals surface area (Å²) in [6, 6.07) is 9.72. The van der Waals surface area contributed by atoms with Crippen molar-refractivity contribution in [1.29, 1.82) is 0 Å². The first kappa shape index (κ1) is 15.6. The van der Waals surface area contributed by atoms with Gasteiger partial charge in [0.15, 0.2) is 0 Å². The highest BCUT2D eigenvalue weighted by Crippen LogP contribution is 2.23. The Bertz CT molecular complexity index is 756. The average molecular weight is 330 g/mol. The summed E-state index contributed by atoms with van der Waals surface area (Å²) in [5.74, 6) is 1.05. The van der Waals surface area contributed by atoms with Crippen LogP contribution in [0.2, 0.25) is 0 Å². The molecule has 0 aliphatic carbocycles. The number of hydrogen-bond acceptors (Lipinski definition) is 7. The molecule has 3 aromatic rings. The van der Waals surface area contributed by atoms with Crippen molar-refractivity contribution in [2.24, 2.45) is 0 Å². The molecule has 3 rings (SSSR count). The number of anilines is 1. The summed E-state index contributed by atoms with van der Waals surface area (Å²) >= 11 is 1.59. The van der Waals surface area contributed by atoms with Gasteiger partial charge in [-0.1, -0.05) is 18.2 Å². The number of nitrogens with zero attached hydrogens (tertiary/aromatic N) is 4. The van der Waals surface area contributed by atoms with Crippen LogP contribution >= 0.6 is 11.3 Å². The molecule has 0 aliphatic rings. The van der Waals surface area contributed by atoms with E-state index in [2.05, 4.69) is 15.1 Å². The zero-order chi connectivity index (χ0) is 16.2. The second-order valence-corrected chi connectivity index (χ2v) is 6.07. The molecule has 1 aromatic carbocycles. The monoisotopic (exact) mass is 330 g/mol. The molecular formula is C16H18N4O2S. The lowest BCUT2D eigenvalue weighted by Gasteiger charge is -2.11. The van der Waals surface area contributed by atoms with Crippen molar-refractivity contribution in [3.63, 3.8) is 0 Å². The Morgan fingerprint density at radius 1 is 1.26 bits per heavy atom. The fourth-order valence-corrected chi connectivity index (χ4v) is 2.91. The maximum absolute atomic E-state index is 5.33. The molecule has 2 heterocycles. The predicted octanol–water partition coefficient (Wildman–Crippen LogP) is 3.54. The lowest BCUT2D eigenvalue weighted by molar-refractivity contribution is 0.119. The number of ether oxygens (including phenoxy) is 1. The first-order chi connectivity index (χ1) is 11.2. The zero-order valence-corrected chi connectivity index (χ0v) is 14.1. The number of thiazole rings is 1. The van der Waals surface area contributed by atoms with Gasteiger partial charge in [0, 0.05) is 25.1 Å². The van der Waals surface area contributed by atoms with Crippen molar-refractivity contribution in [3.05, 3.63) is 46.4 Å². The van der Waals surface area contributed by atoms with Crippen molar-refractivity contribution in [3.8, 4) is 11.5 Å². The molecule has 0 radical (unpaired) electrons. The third-order valence-electron chi connectivity index (χ3n) is 3.45. The summed E-state index contributed by atoms with van der Waals surface area (Å²) in [5, 5.41) is 7.03. The van der Waals surface area contributed by atoms with Gasteiger partial charge in [0.05, 0.1) is 12.2 Å². The smallest absolute Gasteiger partial charge is 0.266 e. The van der Waals surface area contributed by atoms with E-state index in [1.807, 2.05) is 54.6 Å². The molecule has 23 heavy (non-hydrogen) atoms. The third kappa shape index (κ3) is 3.57. The largest absolute Gasteiger partial charge is 0.375 e. The predicted molar refractivity (Wildman–Crippen MR) is 89.4 cm³/mol. The van der Waals surface area contributed by atoms with Crippen LogP contribution in [0.3, 0.4) is 0 Å². The van der Waals surface area contributed by atoms with Gasteiger partial charge in [0.1, 0.15) is 11.1 Å². The number of aromatic nitrogens is 3. The molecule has 0 fully saturated rings. The minimum atomic E-state index is 0.00825. The van der Waals surface area contributed by atoms with E-state index in [1.54, 1.807) is 18.4 Å². The van der Waals surface area contributed by atoms with E-state index in [0.29, 0.717) is 18.4 Å². The Hall–Kier alpha value is -2.25. The molecule has 0 bridgehead atoms. The lowest BCUT2D eigenvalue weighted by atomic mass is 10.2. The number of methoxy groups -OCH3 is 1. The van der Waals surface area contributed by atoms with Crippen molar-refractivity contribution >= 4 is 17.3 Å². The topological polar surface area (TPSA) is 64.3 Å². The van der Waals surface area contributed by atoms with E-state index in [4.69, 9.17) is 9.26 Å². The Morgan fingerprint density at radius 2 is 2.04 bits per heavy atom. The molecule has 0 spiro atoms. The molecule has 6 nitrogen and oxygen atoms in total. The van der Waals surface area contributed by atoms with E-state index < -0.39 is 0 Å². The van der Waals surface area contributed by atoms with Crippen LogP contribution in [0.5, 0.6) is 0 Å². The highest BCUT2D eigenvalue weighted by atomic mass is 32.1. The number of hydrogen-bond donors (Lipinski definition) is 0. The van der Waals surface area contributed by atoms with Gasteiger partial charge in [-0.05, 0) is 24.2 Å². The highest BCUT2D eigenvalue weighted by molar-refractivity contribution is 7.09. The summed E-state index contributed by atoms with van der Waals surface area (Å²) in [5.41, 5.74) is 1.87. The van der Waals surface area contributed by atoms with E-state index >= 15 is 0 Å². The third-order valence-corrected chi connectivity index (χ3v) is 4.50. The van der Waals surface area contributed by atoms with Crippen LogP contribution < -0.4 is 4.90 Å². The molecule has 0 aliphatic heterocycles. The summed E-state index contributed by atoms with van der Waals surface area (Å²) in [6.45, 7) is 2.60. The summed E-state index contributed by atoms with van der Waals surface area (Å²) in [4.78, 5) is 10.9. The van der Waals surface area contributed by atoms with Crippen LogP contribution in [-0.4, -0.2) is 29.3 Å². The van der Waals surface area contributed by atoms with Crippen LogP contribution in [-0.2, 0) is 11.3 Å². The minimum absolute atomic E-state index is 0.00825. The van der Waals surface area contributed by atoms with E-state index in [-0.39, 0.29) is 6.10 Å². The van der Waals surface area contributed by atoms with Gasteiger partial charge in [0.2, 0.25) is 0 Å². The van der Waals surface area contributed by atoms with Gasteiger partial charge in [0.25, 0.3) is 11.8 Å². The van der Waals surface area contributed by atoms with Crippen molar-refractivity contribution in [2.75, 3.05) is 19.1 Å². The average Bonchev–Trinajstić information content (AvgIpc) is 3.24. The highest BCUT2D eigenvalue weighted by Gasteiger charge is 2.15. The quantitative estimate of drug-likeness (QED) is 0.689. The van der Waals surface area contributed by atoms with Crippen LogP contribution in [0.25, 0.3) is 11.5 Å². The van der Waals surface area contributed by atoms with Crippen molar-refractivity contribution in [1.82, 2.24) is 15.1 Å². The SMILES string of the molecule is COC(C)c1nc(CN(C)c2noc(-c3ccccc3)n2)cs1. The molecular weight excluding hydrogens is 312 g/mol. The second kappa shape index (κ2) is 6.89. The van der Waals surface area contributed by atoms with Gasteiger partial charge in [-0.2, -0.15) is 4.98 Å². The van der Waals surface area contributed by atoms with Crippen LogP contribution in [0.15, 0.2) is 40.2 Å². The Kier molecular flexibility index (Phi) is 4.68. The summed E-state index contributed by atoms with van der Waals surface area (Å²) < 4.78 is 10.6. The van der Waals surface area contributed by atoms with Gasteiger partial charge < -0.3 is 14.2 Å². The number of benzene rings is 1. The minimum Gasteiger partial charge on any atom is -0.375 e. The zero-order valence-electron chi connectivity index (χ0n) is 13.3. The Balaban J connectivity index is 1.70. The van der Waals surface area contributed by atoms with Gasteiger partial charge >= 0.3 is 0 Å². The van der Waals surface area contributed by atoms with Gasteiger partial charge in [-0.3, -0.25) is 0 Å². The van der Waals surface area contributed by atoms with E-state index in [1.165, 1.54) is 0 Å². The molecule has 0 N–H and O–H groups in total. The maximum Gasteiger partial charge on any atom is 0.266 e. The first-order valence-electron chi connectivity index (χ1n) is 7.24. The van der Waals surface area contributed by atoms with Crippen LogP contribution in [0.1, 0.15) is 23.7 Å². The first-order valence-corrected chi connectivity index (χ1v) is 8.12. The Morgan fingerprint density at radius 3 is 2.78 bits per heavy atom. The molecule has 1 atom stereocenters. The molecule has 7 heteroatoms. The summed E-state index contributed by atoms with van der Waals surface area (Å²) in [6.07, 6.45) is 0.00825. The lowest BCUT2D eigenvalue weighted by Crippen LogP contribution is -2.18. The van der Waals surface area contributed by atoms with Gasteiger partial charge in [-0.25, -0.2) is 4.98 Å². The summed E-state index contributed by atoms with van der Waals surface area (Å²) in [7, 11) is 3.60. The van der Waals surface area contributed by atoms with Crippen LogP contribution in [0, 0.1) is 0 Å². The molecule has 0 amide bonds. The van der Waals surface area contributed by atoms with Crippen molar-refractivity contribution < 1.29 is 9.26 Å². The molecule has 120 valence electrons. The fourth-order valence-electron chi connectivity index (χ4n) is 2.07. The molecule has 0 saturated heterocycles.